The van der Waals surface area contributed by atoms with Crippen molar-refractivity contribution in [2.45, 2.75) is 151 Å². The highest BCUT2D eigenvalue weighted by atomic mass is 16.7. The normalized spacial score (nSPS) is 27.6. The summed E-state index contributed by atoms with van der Waals surface area (Å²) in [6.07, 6.45) is -0.935. The third-order valence-electron chi connectivity index (χ3n) is 13.0. The molecule has 0 unspecified atom stereocenters. The maximum absolute atomic E-state index is 10.1. The van der Waals surface area contributed by atoms with E-state index in [0.29, 0.717) is 19.6 Å². The Bertz CT molecular complexity index is 1750. The molecule has 2 heterocycles. The standard InChI is InChI=1S/C51H74O8/c1-30-24-31(2)44(32(3)25-30)50-56-45(33(4)26-34(5)46-38(9)47(35(6)27-52)59-51(12,13)58-46)37(8)49(57-50)39(10)48(55-29-42-20-22-43(53-14)23-21-42)36(7)40(11)54-28-41-18-16-15-17-19-41/h15-25,34-40,45-50,52H,4,26-29H2,1-3,5-14H3/t34-,35-,36-,37-,38+,39-,40-,45-,46-,47+,48+,49+,50+/m0/s1. The predicted octanol–water partition coefficient (Wildman–Crippen LogP) is 10.9. The highest BCUT2D eigenvalue weighted by molar-refractivity contribution is 5.39. The molecule has 0 amide bonds. The second kappa shape index (κ2) is 20.7. The zero-order valence-electron chi connectivity index (χ0n) is 38.2. The van der Waals surface area contributed by atoms with Crippen LogP contribution in [0.15, 0.2) is 78.9 Å². The van der Waals surface area contributed by atoms with E-state index in [1.165, 1.54) is 5.56 Å². The van der Waals surface area contributed by atoms with Crippen LogP contribution in [0, 0.1) is 56.3 Å². The van der Waals surface area contributed by atoms with Gasteiger partial charge < -0.3 is 38.3 Å². The van der Waals surface area contributed by atoms with E-state index in [-0.39, 0.29) is 78.7 Å². The van der Waals surface area contributed by atoms with Gasteiger partial charge in [0, 0.05) is 41.8 Å². The molecular weight excluding hydrogens is 741 g/mol. The minimum atomic E-state index is -0.769. The molecule has 0 radical (unpaired) electrons. The van der Waals surface area contributed by atoms with E-state index in [9.17, 15) is 5.11 Å². The first-order valence-electron chi connectivity index (χ1n) is 21.9. The van der Waals surface area contributed by atoms with Gasteiger partial charge >= 0.3 is 0 Å². The molecule has 2 aliphatic heterocycles. The minimum absolute atomic E-state index is 0.0114. The minimum Gasteiger partial charge on any atom is -0.497 e. The molecular formula is C51H74O8. The van der Waals surface area contributed by atoms with Crippen LogP contribution in [0.4, 0.5) is 0 Å². The van der Waals surface area contributed by atoms with Gasteiger partial charge in [0.05, 0.1) is 56.9 Å². The second-order valence-electron chi connectivity index (χ2n) is 18.4. The van der Waals surface area contributed by atoms with Crippen LogP contribution in [0.2, 0.25) is 0 Å². The Balaban J connectivity index is 1.46. The molecule has 326 valence electrons. The monoisotopic (exact) mass is 815 g/mol. The van der Waals surface area contributed by atoms with Gasteiger partial charge in [-0.3, -0.25) is 0 Å². The fraction of sp³-hybridized carbons (Fsp3) is 0.608. The average molecular weight is 815 g/mol. The molecule has 0 spiro atoms. The van der Waals surface area contributed by atoms with Crippen molar-refractivity contribution in [2.24, 2.45) is 35.5 Å². The summed E-state index contributed by atoms with van der Waals surface area (Å²) >= 11 is 0. The molecule has 5 rings (SSSR count). The highest BCUT2D eigenvalue weighted by Gasteiger charge is 2.48. The molecule has 8 heteroatoms. The van der Waals surface area contributed by atoms with Crippen LogP contribution in [0.25, 0.3) is 0 Å². The number of hydrogen-bond acceptors (Lipinski definition) is 8. The van der Waals surface area contributed by atoms with Gasteiger partial charge in [0.1, 0.15) is 5.75 Å². The van der Waals surface area contributed by atoms with Crippen molar-refractivity contribution in [3.8, 4) is 5.75 Å². The van der Waals surface area contributed by atoms with Crippen molar-refractivity contribution in [2.75, 3.05) is 13.7 Å². The smallest absolute Gasteiger partial charge is 0.185 e. The van der Waals surface area contributed by atoms with E-state index in [1.54, 1.807) is 7.11 Å². The number of aryl methyl sites for hydroxylation is 3. The Morgan fingerprint density at radius 1 is 0.763 bits per heavy atom. The zero-order chi connectivity index (χ0) is 43.2. The van der Waals surface area contributed by atoms with Crippen molar-refractivity contribution < 1.29 is 38.3 Å². The summed E-state index contributed by atoms with van der Waals surface area (Å²) in [5.41, 5.74) is 7.80. The Labute approximate surface area is 355 Å². The Kier molecular flexibility index (Phi) is 16.4. The largest absolute Gasteiger partial charge is 0.497 e. The summed E-state index contributed by atoms with van der Waals surface area (Å²) in [6, 6.07) is 22.8. The number of hydrogen-bond donors (Lipinski definition) is 1. The third-order valence-corrected chi connectivity index (χ3v) is 13.0. The van der Waals surface area contributed by atoms with Crippen LogP contribution in [-0.2, 0) is 41.6 Å². The van der Waals surface area contributed by atoms with Crippen molar-refractivity contribution in [1.82, 2.24) is 0 Å². The predicted molar refractivity (Wildman–Crippen MR) is 235 cm³/mol. The SMILES string of the molecule is C=C(C[C@H](C)[C@@H]1OC(C)(C)O[C@H]([C@@H](C)CO)[C@@H]1C)[C@@H]1O[C@@H](c2c(C)cc(C)cc2C)O[C@@H]([C@@H](C)[C@H](OCc2ccc(OC)cc2)[C@@H](C)[C@H](C)OCc2ccccc2)[C@H]1C. The maximum atomic E-state index is 10.1. The van der Waals surface area contributed by atoms with Crippen LogP contribution in [0.3, 0.4) is 0 Å². The van der Waals surface area contributed by atoms with Crippen LogP contribution in [-0.4, -0.2) is 61.2 Å². The van der Waals surface area contributed by atoms with E-state index in [2.05, 4.69) is 98.7 Å². The Morgan fingerprint density at radius 3 is 1.93 bits per heavy atom. The van der Waals surface area contributed by atoms with Crippen LogP contribution < -0.4 is 4.74 Å². The molecule has 3 aromatic carbocycles. The van der Waals surface area contributed by atoms with Crippen LogP contribution in [0.1, 0.15) is 108 Å². The summed E-state index contributed by atoms with van der Waals surface area (Å²) < 4.78 is 46.3. The van der Waals surface area contributed by atoms with Crippen LogP contribution in [0.5, 0.6) is 5.75 Å². The first-order chi connectivity index (χ1) is 27.9. The Morgan fingerprint density at radius 2 is 1.34 bits per heavy atom. The molecule has 0 saturated carbocycles. The number of methoxy groups -OCH3 is 1. The van der Waals surface area contributed by atoms with E-state index in [4.69, 9.17) is 39.7 Å². The first-order valence-corrected chi connectivity index (χ1v) is 21.9. The van der Waals surface area contributed by atoms with Gasteiger partial charge in [-0.1, -0.05) is 108 Å². The van der Waals surface area contributed by atoms with Gasteiger partial charge in [-0.2, -0.15) is 0 Å². The number of aliphatic hydroxyl groups excluding tert-OH is 1. The molecule has 0 bridgehead atoms. The zero-order valence-corrected chi connectivity index (χ0v) is 38.2. The van der Waals surface area contributed by atoms with Gasteiger partial charge in [-0.15, -0.1) is 0 Å². The van der Waals surface area contributed by atoms with Gasteiger partial charge in [0.2, 0.25) is 0 Å². The molecule has 59 heavy (non-hydrogen) atoms. The summed E-state index contributed by atoms with van der Waals surface area (Å²) in [7, 11) is 1.68. The molecule has 2 aliphatic rings. The summed E-state index contributed by atoms with van der Waals surface area (Å²) in [4.78, 5) is 0. The lowest BCUT2D eigenvalue weighted by Gasteiger charge is -2.49. The summed E-state index contributed by atoms with van der Waals surface area (Å²) in [5.74, 6) is 0.165. The number of aliphatic hydroxyl groups is 1. The molecule has 2 saturated heterocycles. The molecule has 0 aliphatic carbocycles. The van der Waals surface area contributed by atoms with Gasteiger partial charge in [-0.05, 0) is 93.8 Å². The highest BCUT2D eigenvalue weighted by Crippen LogP contribution is 2.45. The van der Waals surface area contributed by atoms with Gasteiger partial charge in [0.15, 0.2) is 12.1 Å². The van der Waals surface area contributed by atoms with E-state index in [0.717, 1.165) is 39.1 Å². The lowest BCUT2D eigenvalue weighted by atomic mass is 9.76. The van der Waals surface area contributed by atoms with Crippen molar-refractivity contribution >= 4 is 0 Å². The first kappa shape index (κ1) is 47.0. The molecule has 0 aromatic heterocycles. The van der Waals surface area contributed by atoms with Crippen molar-refractivity contribution in [3.63, 3.8) is 0 Å². The molecule has 8 nitrogen and oxygen atoms in total. The number of rotatable bonds is 18. The summed E-state index contributed by atoms with van der Waals surface area (Å²) in [5, 5.41) is 10.1. The average Bonchev–Trinajstić information content (AvgIpc) is 3.20. The van der Waals surface area contributed by atoms with Gasteiger partial charge in [-0.25, -0.2) is 0 Å². The molecule has 3 aromatic rings. The lowest BCUT2D eigenvalue weighted by molar-refractivity contribution is -0.335. The summed E-state index contributed by atoms with van der Waals surface area (Å²) in [6.45, 7) is 31.5. The quantitative estimate of drug-likeness (QED) is 0.127. The second-order valence-corrected chi connectivity index (χ2v) is 18.4. The van der Waals surface area contributed by atoms with Crippen molar-refractivity contribution in [1.29, 1.82) is 0 Å². The fourth-order valence-corrected chi connectivity index (χ4v) is 9.71. The van der Waals surface area contributed by atoms with E-state index < -0.39 is 12.1 Å². The van der Waals surface area contributed by atoms with Crippen LogP contribution >= 0.6 is 0 Å². The number of benzene rings is 3. The molecule has 2 fully saturated rings. The fourth-order valence-electron chi connectivity index (χ4n) is 9.71. The maximum Gasteiger partial charge on any atom is 0.185 e. The van der Waals surface area contributed by atoms with Crippen molar-refractivity contribution in [3.05, 3.63) is 112 Å². The Hall–Kier alpha value is -3.08. The molecule has 1 N–H and O–H groups in total. The van der Waals surface area contributed by atoms with E-state index >= 15 is 0 Å². The number of ether oxygens (including phenoxy) is 7. The third kappa shape index (κ3) is 11.6. The lowest BCUT2D eigenvalue weighted by Crippen LogP contribution is -2.55. The van der Waals surface area contributed by atoms with E-state index in [1.807, 2.05) is 51.1 Å². The topological polar surface area (TPSA) is 84.8 Å². The molecule has 13 atom stereocenters. The van der Waals surface area contributed by atoms with Gasteiger partial charge in [0.25, 0.3) is 0 Å².